The van der Waals surface area contributed by atoms with E-state index in [9.17, 15) is 18.4 Å². The van der Waals surface area contributed by atoms with Crippen LogP contribution in [0, 0.1) is 29.1 Å². The zero-order chi connectivity index (χ0) is 24.2. The molecule has 4 aliphatic rings. The van der Waals surface area contributed by atoms with E-state index in [0.29, 0.717) is 5.75 Å². The number of esters is 1. The van der Waals surface area contributed by atoms with Gasteiger partial charge in [0.05, 0.1) is 5.56 Å². The van der Waals surface area contributed by atoms with Gasteiger partial charge < -0.3 is 14.6 Å². The Morgan fingerprint density at radius 2 is 1.48 bits per heavy atom. The molecule has 0 radical (unpaired) electrons. The van der Waals surface area contributed by atoms with Crippen molar-refractivity contribution in [1.82, 2.24) is 0 Å². The molecule has 0 amide bonds. The SMILES string of the molecule is CC(C)C(OC(=O)c1ccc(OC(C)(C)C23CC4CC(CC(C4)C2)C3)cc1)C(F)(F)C(=O)O. The average molecular weight is 465 g/mol. The molecule has 0 saturated heterocycles. The quantitative estimate of drug-likeness (QED) is 0.481. The van der Waals surface area contributed by atoms with Gasteiger partial charge in [0.15, 0.2) is 6.10 Å². The fraction of sp³-hybridized carbons (Fsp3) is 0.692. The van der Waals surface area contributed by atoms with E-state index in [1.165, 1.54) is 64.5 Å². The first-order valence-electron chi connectivity index (χ1n) is 11.9. The molecule has 1 N–H and O–H groups in total. The van der Waals surface area contributed by atoms with Gasteiger partial charge in [0, 0.05) is 5.41 Å². The number of benzene rings is 1. The van der Waals surface area contributed by atoms with Gasteiger partial charge in [0.1, 0.15) is 11.4 Å². The van der Waals surface area contributed by atoms with Crippen molar-refractivity contribution in [3.05, 3.63) is 29.8 Å². The summed E-state index contributed by atoms with van der Waals surface area (Å²) in [6.45, 7) is 7.09. The van der Waals surface area contributed by atoms with E-state index in [-0.39, 0.29) is 16.6 Å². The van der Waals surface area contributed by atoms with Crippen LogP contribution in [0.3, 0.4) is 0 Å². The predicted octanol–water partition coefficient (Wildman–Crippen LogP) is 5.96. The van der Waals surface area contributed by atoms with Crippen LogP contribution < -0.4 is 4.74 Å². The van der Waals surface area contributed by atoms with Crippen LogP contribution in [0.15, 0.2) is 24.3 Å². The van der Waals surface area contributed by atoms with Gasteiger partial charge in [-0.25, -0.2) is 9.59 Å². The molecule has 0 heterocycles. The second-order valence-corrected chi connectivity index (χ2v) is 11.3. The van der Waals surface area contributed by atoms with Crippen LogP contribution in [-0.2, 0) is 9.53 Å². The van der Waals surface area contributed by atoms with E-state index in [4.69, 9.17) is 14.6 Å². The molecule has 4 aliphatic carbocycles. The molecule has 33 heavy (non-hydrogen) atoms. The summed E-state index contributed by atoms with van der Waals surface area (Å²) in [4.78, 5) is 23.4. The number of hydrogen-bond acceptors (Lipinski definition) is 4. The number of carbonyl (C=O) groups is 2. The normalized spacial score (nSPS) is 29.7. The molecule has 0 spiro atoms. The van der Waals surface area contributed by atoms with Crippen molar-refractivity contribution in [2.75, 3.05) is 0 Å². The van der Waals surface area contributed by atoms with E-state index < -0.39 is 29.9 Å². The molecule has 7 heteroatoms. The number of carboxylic acid groups (broad SMARTS) is 1. The molecule has 4 bridgehead atoms. The summed E-state index contributed by atoms with van der Waals surface area (Å²) in [6.07, 6.45) is 5.59. The van der Waals surface area contributed by atoms with Gasteiger partial charge >= 0.3 is 17.9 Å². The molecular weight excluding hydrogens is 430 g/mol. The van der Waals surface area contributed by atoms with Crippen LogP contribution in [0.4, 0.5) is 8.78 Å². The van der Waals surface area contributed by atoms with Crippen LogP contribution in [0.25, 0.3) is 0 Å². The Balaban J connectivity index is 1.45. The van der Waals surface area contributed by atoms with E-state index in [0.717, 1.165) is 17.8 Å². The van der Waals surface area contributed by atoms with Gasteiger partial charge in [-0.15, -0.1) is 0 Å². The molecule has 1 aromatic carbocycles. The lowest BCUT2D eigenvalue weighted by molar-refractivity contribution is -0.187. The Bertz CT molecular complexity index is 870. The summed E-state index contributed by atoms with van der Waals surface area (Å²) in [7, 11) is 0. The average Bonchev–Trinajstić information content (AvgIpc) is 2.70. The maximum absolute atomic E-state index is 14.0. The minimum atomic E-state index is -4.17. The third-order valence-corrected chi connectivity index (χ3v) is 8.26. The fourth-order valence-corrected chi connectivity index (χ4v) is 6.84. The number of aliphatic carboxylic acids is 1. The maximum atomic E-state index is 14.0. The summed E-state index contributed by atoms with van der Waals surface area (Å²) in [5.74, 6) is -5.33. The summed E-state index contributed by atoms with van der Waals surface area (Å²) in [5.41, 5.74) is -0.134. The van der Waals surface area contributed by atoms with Gasteiger partial charge in [0.25, 0.3) is 0 Å². The van der Waals surface area contributed by atoms with Crippen molar-refractivity contribution >= 4 is 11.9 Å². The molecule has 1 aromatic rings. The number of hydrogen-bond donors (Lipinski definition) is 1. The Kier molecular flexibility index (Phi) is 5.98. The van der Waals surface area contributed by atoms with Crippen LogP contribution in [0.2, 0.25) is 0 Å². The second kappa shape index (κ2) is 8.24. The zero-order valence-corrected chi connectivity index (χ0v) is 19.8. The monoisotopic (exact) mass is 464 g/mol. The van der Waals surface area contributed by atoms with E-state index in [1.54, 1.807) is 12.1 Å². The third kappa shape index (κ3) is 4.35. The molecule has 4 fully saturated rings. The van der Waals surface area contributed by atoms with Gasteiger partial charge in [-0.05, 0) is 100 Å². The second-order valence-electron chi connectivity index (χ2n) is 11.3. The lowest BCUT2D eigenvalue weighted by Gasteiger charge is -2.61. The van der Waals surface area contributed by atoms with Crippen molar-refractivity contribution in [3.63, 3.8) is 0 Å². The number of alkyl halides is 2. The van der Waals surface area contributed by atoms with Crippen molar-refractivity contribution < 1.29 is 33.0 Å². The van der Waals surface area contributed by atoms with E-state index >= 15 is 0 Å². The number of carboxylic acids is 1. The van der Waals surface area contributed by atoms with Gasteiger partial charge in [-0.3, -0.25) is 0 Å². The third-order valence-electron chi connectivity index (χ3n) is 8.26. The smallest absolute Gasteiger partial charge is 0.378 e. The molecular formula is C26H34F2O5. The van der Waals surface area contributed by atoms with Crippen LogP contribution in [0.1, 0.15) is 76.6 Å². The van der Waals surface area contributed by atoms with Gasteiger partial charge in [0.2, 0.25) is 0 Å². The van der Waals surface area contributed by atoms with E-state index in [1.807, 2.05) is 0 Å². The van der Waals surface area contributed by atoms with Crippen LogP contribution in [0.5, 0.6) is 5.75 Å². The standard InChI is InChI=1S/C26H34F2O5/c1-15(2)21(26(27,28)23(30)31)32-22(29)19-5-7-20(8-6-19)33-24(3,4)25-12-16-9-17(13-25)11-18(10-16)14-25/h5-8,15-18,21H,9-14H2,1-4H3,(H,30,31). The van der Waals surface area contributed by atoms with Crippen molar-refractivity contribution in [2.45, 2.75) is 83.8 Å². The lowest BCUT2D eigenvalue weighted by atomic mass is 9.46. The van der Waals surface area contributed by atoms with E-state index in [2.05, 4.69) is 13.8 Å². The number of rotatable bonds is 8. The molecule has 5 nitrogen and oxygen atoms in total. The Labute approximate surface area is 193 Å². The highest BCUT2D eigenvalue weighted by Crippen LogP contribution is 2.64. The topological polar surface area (TPSA) is 72.8 Å². The first-order chi connectivity index (χ1) is 15.3. The first kappa shape index (κ1) is 24.0. The molecule has 1 unspecified atom stereocenters. The molecule has 182 valence electrons. The molecule has 1 atom stereocenters. The predicted molar refractivity (Wildman–Crippen MR) is 118 cm³/mol. The van der Waals surface area contributed by atoms with Crippen LogP contribution in [-0.4, -0.2) is 34.7 Å². The zero-order valence-electron chi connectivity index (χ0n) is 19.8. The highest BCUT2D eigenvalue weighted by Gasteiger charge is 2.58. The minimum absolute atomic E-state index is 0.0711. The Hall–Kier alpha value is -2.18. The number of carbonyl (C=O) groups excluding carboxylic acids is 1. The van der Waals surface area contributed by atoms with Crippen molar-refractivity contribution in [3.8, 4) is 5.75 Å². The Morgan fingerprint density at radius 1 is 1.00 bits per heavy atom. The fourth-order valence-electron chi connectivity index (χ4n) is 6.84. The van der Waals surface area contributed by atoms with Crippen molar-refractivity contribution in [1.29, 1.82) is 0 Å². The largest absolute Gasteiger partial charge is 0.487 e. The van der Waals surface area contributed by atoms with Crippen molar-refractivity contribution in [2.24, 2.45) is 29.1 Å². The number of halogens is 2. The highest BCUT2D eigenvalue weighted by atomic mass is 19.3. The molecule has 4 saturated carbocycles. The first-order valence-corrected chi connectivity index (χ1v) is 11.9. The summed E-state index contributed by atoms with van der Waals surface area (Å²) in [5, 5.41) is 8.82. The maximum Gasteiger partial charge on any atom is 0.378 e. The summed E-state index contributed by atoms with van der Waals surface area (Å²) < 4.78 is 39.4. The van der Waals surface area contributed by atoms with Crippen LogP contribution >= 0.6 is 0 Å². The lowest BCUT2D eigenvalue weighted by Crippen LogP contribution is -2.58. The minimum Gasteiger partial charge on any atom is -0.487 e. The summed E-state index contributed by atoms with van der Waals surface area (Å²) >= 11 is 0. The summed E-state index contributed by atoms with van der Waals surface area (Å²) in [6, 6.07) is 6.25. The molecule has 0 aromatic heterocycles. The molecule has 5 rings (SSSR count). The highest BCUT2D eigenvalue weighted by molar-refractivity contribution is 5.90. The Morgan fingerprint density at radius 3 is 1.91 bits per heavy atom. The van der Waals surface area contributed by atoms with Gasteiger partial charge in [-0.2, -0.15) is 8.78 Å². The van der Waals surface area contributed by atoms with Gasteiger partial charge in [-0.1, -0.05) is 13.8 Å². The number of ether oxygens (including phenoxy) is 2. The molecule has 0 aliphatic heterocycles.